The molecule has 2 aromatic heterocycles. The summed E-state index contributed by atoms with van der Waals surface area (Å²) in [7, 11) is 0. The topological polar surface area (TPSA) is 123 Å². The van der Waals surface area contributed by atoms with Gasteiger partial charge >= 0.3 is 5.76 Å². The molecule has 0 aliphatic rings. The first kappa shape index (κ1) is 20.1. The van der Waals surface area contributed by atoms with Crippen LogP contribution in [0.4, 0.5) is 5.69 Å². The number of carbonyl (C=O) groups excluding carboxylic acids is 1. The Kier molecular flexibility index (Phi) is 4.91. The average molecular weight is 439 g/mol. The molecule has 0 saturated carbocycles. The third-order valence-corrected chi connectivity index (χ3v) is 5.17. The second-order valence-electron chi connectivity index (χ2n) is 7.34. The lowest BCUT2D eigenvalue weighted by Crippen LogP contribution is -2.22. The quantitative estimate of drug-likeness (QED) is 0.443. The Hall–Kier alpha value is -4.79. The van der Waals surface area contributed by atoms with Gasteiger partial charge in [-0.1, -0.05) is 29.4 Å². The van der Waals surface area contributed by atoms with Crippen molar-refractivity contribution >= 4 is 22.5 Å². The van der Waals surface area contributed by atoms with Crippen LogP contribution >= 0.6 is 0 Å². The number of hydrogen-bond donors (Lipinski definition) is 2. The zero-order valence-electron chi connectivity index (χ0n) is 17.4. The maximum atomic E-state index is 13.0. The normalized spacial score (nSPS) is 10.9. The average Bonchev–Trinajstić information content (AvgIpc) is 3.26. The number of rotatable bonds is 4. The molecular weight excluding hydrogens is 422 g/mol. The van der Waals surface area contributed by atoms with Gasteiger partial charge in [0.25, 0.3) is 11.5 Å². The summed E-state index contributed by atoms with van der Waals surface area (Å²) in [5, 5.41) is 6.98. The fourth-order valence-corrected chi connectivity index (χ4v) is 3.61. The Bertz CT molecular complexity index is 1610. The van der Waals surface area contributed by atoms with Gasteiger partial charge in [0, 0.05) is 16.8 Å². The molecule has 2 N–H and O–H groups in total. The van der Waals surface area contributed by atoms with Crippen molar-refractivity contribution in [2.45, 2.75) is 6.92 Å². The lowest BCUT2D eigenvalue weighted by Gasteiger charge is -2.12. The van der Waals surface area contributed by atoms with Crippen molar-refractivity contribution in [2.24, 2.45) is 0 Å². The third-order valence-electron chi connectivity index (χ3n) is 5.17. The minimum atomic E-state index is -0.657. The molecule has 0 saturated heterocycles. The van der Waals surface area contributed by atoms with Gasteiger partial charge in [-0.05, 0) is 55.5 Å². The molecule has 3 aromatic carbocycles. The highest BCUT2D eigenvalue weighted by molar-refractivity contribution is 6.04. The predicted octanol–water partition coefficient (Wildman–Crippen LogP) is 3.29. The number of para-hydroxylation sites is 1. The van der Waals surface area contributed by atoms with E-state index in [4.69, 9.17) is 0 Å². The van der Waals surface area contributed by atoms with Crippen molar-refractivity contribution in [1.29, 1.82) is 0 Å². The van der Waals surface area contributed by atoms with E-state index in [2.05, 4.69) is 25.0 Å². The fraction of sp³-hybridized carbons (Fsp3) is 0.0417. The lowest BCUT2D eigenvalue weighted by molar-refractivity contribution is 0.102. The fourth-order valence-electron chi connectivity index (χ4n) is 3.61. The molecule has 0 unspecified atom stereocenters. The standard InChI is InChI=1S/C24H17N5O4/c1-14-25-20-8-3-2-7-19(20)23(31)29(14)18-11-9-15(10-12-18)22(30)26-17-6-4-5-16(13-17)21-27-24(32)33-28-21/h2-13H,1H3,(H,26,30)(H,27,28,32). The molecule has 162 valence electrons. The highest BCUT2D eigenvalue weighted by Crippen LogP contribution is 2.20. The molecule has 33 heavy (non-hydrogen) atoms. The Morgan fingerprint density at radius 3 is 2.55 bits per heavy atom. The van der Waals surface area contributed by atoms with Crippen LogP contribution in [0.5, 0.6) is 0 Å². The number of nitrogens with zero attached hydrogens (tertiary/aromatic N) is 3. The van der Waals surface area contributed by atoms with Crippen molar-refractivity contribution < 1.29 is 9.32 Å². The van der Waals surface area contributed by atoms with E-state index in [0.29, 0.717) is 39.2 Å². The maximum absolute atomic E-state index is 13.0. The van der Waals surface area contributed by atoms with Gasteiger partial charge in [0.05, 0.1) is 16.6 Å². The lowest BCUT2D eigenvalue weighted by atomic mass is 10.1. The molecule has 2 heterocycles. The summed E-state index contributed by atoms with van der Waals surface area (Å²) in [4.78, 5) is 43.9. The number of fused-ring (bicyclic) bond motifs is 1. The maximum Gasteiger partial charge on any atom is 0.439 e. The number of benzene rings is 3. The van der Waals surface area contributed by atoms with Gasteiger partial charge in [0.2, 0.25) is 0 Å². The van der Waals surface area contributed by atoms with Gasteiger partial charge in [-0.25, -0.2) is 9.78 Å². The Labute approximate surface area is 186 Å². The summed E-state index contributed by atoms with van der Waals surface area (Å²) >= 11 is 0. The molecule has 0 fully saturated rings. The van der Waals surface area contributed by atoms with Crippen LogP contribution in [0.25, 0.3) is 28.0 Å². The molecule has 0 atom stereocenters. The van der Waals surface area contributed by atoms with Crippen LogP contribution in [-0.2, 0) is 0 Å². The molecular formula is C24H17N5O4. The molecule has 0 aliphatic carbocycles. The SMILES string of the molecule is Cc1nc2ccccc2c(=O)n1-c1ccc(C(=O)Nc2cccc(-c3noc(=O)[nH]3)c2)cc1. The number of hydrogen-bond acceptors (Lipinski definition) is 6. The van der Waals surface area contributed by atoms with Crippen molar-refractivity contribution in [1.82, 2.24) is 19.7 Å². The second-order valence-corrected chi connectivity index (χ2v) is 7.34. The van der Waals surface area contributed by atoms with Crippen LogP contribution in [-0.4, -0.2) is 25.6 Å². The van der Waals surface area contributed by atoms with E-state index < -0.39 is 5.76 Å². The summed E-state index contributed by atoms with van der Waals surface area (Å²) in [5.74, 6) is -0.160. The summed E-state index contributed by atoms with van der Waals surface area (Å²) < 4.78 is 6.04. The van der Waals surface area contributed by atoms with E-state index >= 15 is 0 Å². The smallest absolute Gasteiger partial charge is 0.322 e. The number of aryl methyl sites for hydroxylation is 1. The molecule has 1 amide bonds. The van der Waals surface area contributed by atoms with Gasteiger partial charge in [-0.2, -0.15) is 0 Å². The predicted molar refractivity (Wildman–Crippen MR) is 123 cm³/mol. The van der Waals surface area contributed by atoms with E-state index in [-0.39, 0.29) is 17.3 Å². The summed E-state index contributed by atoms with van der Waals surface area (Å²) in [6.45, 7) is 1.77. The van der Waals surface area contributed by atoms with Crippen molar-refractivity contribution in [3.63, 3.8) is 0 Å². The molecule has 5 rings (SSSR count). The molecule has 0 spiro atoms. The first-order chi connectivity index (χ1) is 16.0. The van der Waals surface area contributed by atoms with Gasteiger partial charge in [0.1, 0.15) is 5.82 Å². The number of aromatic nitrogens is 4. The van der Waals surface area contributed by atoms with Crippen LogP contribution in [0, 0.1) is 6.92 Å². The number of aromatic amines is 1. The number of nitrogens with one attached hydrogen (secondary N) is 2. The molecule has 9 nitrogen and oxygen atoms in total. The number of carbonyl (C=O) groups is 1. The summed E-state index contributed by atoms with van der Waals surface area (Å²) in [5.41, 5.74) is 2.62. The third kappa shape index (κ3) is 3.83. The van der Waals surface area contributed by atoms with Crippen LogP contribution < -0.4 is 16.6 Å². The van der Waals surface area contributed by atoms with E-state index in [1.54, 1.807) is 73.7 Å². The Morgan fingerprint density at radius 1 is 1.00 bits per heavy atom. The first-order valence-electron chi connectivity index (χ1n) is 10.1. The van der Waals surface area contributed by atoms with Crippen LogP contribution in [0.1, 0.15) is 16.2 Å². The van der Waals surface area contributed by atoms with Gasteiger partial charge in [0.15, 0.2) is 5.82 Å². The minimum Gasteiger partial charge on any atom is -0.322 e. The van der Waals surface area contributed by atoms with E-state index in [9.17, 15) is 14.4 Å². The summed E-state index contributed by atoms with van der Waals surface area (Å²) in [6.07, 6.45) is 0. The largest absolute Gasteiger partial charge is 0.439 e. The highest BCUT2D eigenvalue weighted by Gasteiger charge is 2.12. The molecule has 0 aliphatic heterocycles. The molecule has 9 heteroatoms. The zero-order valence-corrected chi connectivity index (χ0v) is 17.4. The van der Waals surface area contributed by atoms with Crippen molar-refractivity contribution in [3.05, 3.63) is 105 Å². The van der Waals surface area contributed by atoms with Crippen molar-refractivity contribution in [3.8, 4) is 17.1 Å². The Balaban J connectivity index is 1.41. The number of amides is 1. The van der Waals surface area contributed by atoms with Gasteiger partial charge in [-0.15, -0.1) is 0 Å². The van der Waals surface area contributed by atoms with Crippen LogP contribution in [0.2, 0.25) is 0 Å². The highest BCUT2D eigenvalue weighted by atomic mass is 16.5. The molecule has 0 bridgehead atoms. The van der Waals surface area contributed by atoms with Crippen molar-refractivity contribution in [2.75, 3.05) is 5.32 Å². The van der Waals surface area contributed by atoms with E-state index in [0.717, 1.165) is 0 Å². The Morgan fingerprint density at radius 2 is 1.79 bits per heavy atom. The van der Waals surface area contributed by atoms with Crippen LogP contribution in [0.3, 0.4) is 0 Å². The van der Waals surface area contributed by atoms with Gasteiger partial charge < -0.3 is 5.32 Å². The number of anilines is 1. The number of H-pyrrole nitrogens is 1. The van der Waals surface area contributed by atoms with Gasteiger partial charge in [-0.3, -0.25) is 23.7 Å². The van der Waals surface area contributed by atoms with E-state index in [1.165, 1.54) is 4.57 Å². The summed E-state index contributed by atoms with van der Waals surface area (Å²) in [6, 6.07) is 20.7. The first-order valence-corrected chi connectivity index (χ1v) is 10.1. The van der Waals surface area contributed by atoms with E-state index in [1.807, 2.05) is 6.07 Å². The monoisotopic (exact) mass is 439 g/mol. The second kappa shape index (κ2) is 8.04. The zero-order chi connectivity index (χ0) is 22.9. The van der Waals surface area contributed by atoms with Crippen LogP contribution in [0.15, 0.2) is 86.9 Å². The molecule has 0 radical (unpaired) electrons. The minimum absolute atomic E-state index is 0.169. The molecule has 5 aromatic rings.